The lowest BCUT2D eigenvalue weighted by Crippen LogP contribution is -2.34. The number of hydrogen-bond acceptors (Lipinski definition) is 4. The largest absolute Gasteiger partial charge is 0.342 e. The predicted octanol–water partition coefficient (Wildman–Crippen LogP) is 3.17. The lowest BCUT2D eigenvalue weighted by Gasteiger charge is -2.21. The summed E-state index contributed by atoms with van der Waals surface area (Å²) in [6.45, 7) is 8.74. The van der Waals surface area contributed by atoms with Crippen LogP contribution in [0.4, 0.5) is 0 Å². The average Bonchev–Trinajstić information content (AvgIpc) is 2.90. The minimum atomic E-state index is -0.0432. The summed E-state index contributed by atoms with van der Waals surface area (Å²) in [5.41, 5.74) is 8.57. The van der Waals surface area contributed by atoms with E-state index in [0.29, 0.717) is 23.8 Å². The number of rotatable bonds is 6. The van der Waals surface area contributed by atoms with Gasteiger partial charge in [0.25, 0.3) is 5.91 Å². The van der Waals surface area contributed by atoms with Crippen LogP contribution in [0.25, 0.3) is 5.82 Å². The first-order valence-electron chi connectivity index (χ1n) is 8.30. The van der Waals surface area contributed by atoms with E-state index in [4.69, 9.17) is 5.73 Å². The molecule has 146 valence electrons. The lowest BCUT2D eigenvalue weighted by molar-refractivity contribution is 0.0788. The van der Waals surface area contributed by atoms with E-state index in [2.05, 4.69) is 23.9 Å². The molecule has 1 unspecified atom stereocenters. The highest BCUT2D eigenvalue weighted by atomic mass is 35.5. The van der Waals surface area contributed by atoms with Crippen molar-refractivity contribution in [1.29, 1.82) is 0 Å². The van der Waals surface area contributed by atoms with Gasteiger partial charge in [-0.1, -0.05) is 13.8 Å². The normalized spacial score (nSPS) is 11.5. The number of hydrogen-bond donors (Lipinski definition) is 1. The smallest absolute Gasteiger partial charge is 0.255 e. The predicted molar refractivity (Wildman–Crippen MR) is 110 cm³/mol. The van der Waals surface area contributed by atoms with E-state index < -0.39 is 0 Å². The van der Waals surface area contributed by atoms with Gasteiger partial charge in [0.1, 0.15) is 0 Å². The molecule has 2 rings (SSSR count). The Hall–Kier alpha value is -1.63. The highest BCUT2D eigenvalue weighted by molar-refractivity contribution is 5.93. The van der Waals surface area contributed by atoms with Crippen molar-refractivity contribution in [2.45, 2.75) is 40.2 Å². The van der Waals surface area contributed by atoms with Crippen LogP contribution in [0, 0.1) is 19.8 Å². The third-order valence-corrected chi connectivity index (χ3v) is 4.22. The van der Waals surface area contributed by atoms with Crippen LogP contribution < -0.4 is 5.73 Å². The van der Waals surface area contributed by atoms with Crippen molar-refractivity contribution >= 4 is 30.7 Å². The van der Waals surface area contributed by atoms with Crippen LogP contribution in [-0.2, 0) is 0 Å². The molecule has 8 heteroatoms. The van der Waals surface area contributed by atoms with Crippen LogP contribution >= 0.6 is 24.8 Å². The lowest BCUT2D eigenvalue weighted by atomic mass is 10.0. The first-order valence-corrected chi connectivity index (χ1v) is 8.30. The molecule has 0 aromatic carbocycles. The molecule has 2 aromatic rings. The number of nitrogens with two attached hydrogens (primary N) is 1. The summed E-state index contributed by atoms with van der Waals surface area (Å²) in [5.74, 6) is 1.08. The Labute approximate surface area is 168 Å². The highest BCUT2D eigenvalue weighted by Gasteiger charge is 2.15. The number of carbonyl (C=O) groups is 1. The van der Waals surface area contributed by atoms with Gasteiger partial charge in [-0.05, 0) is 44.4 Å². The summed E-state index contributed by atoms with van der Waals surface area (Å²) in [4.78, 5) is 18.5. The minimum Gasteiger partial charge on any atom is -0.342 e. The van der Waals surface area contributed by atoms with E-state index in [1.54, 1.807) is 28.9 Å². The second-order valence-electron chi connectivity index (χ2n) is 6.67. The molecule has 2 heterocycles. The molecule has 2 aromatic heterocycles. The average molecular weight is 402 g/mol. The maximum absolute atomic E-state index is 12.5. The molecule has 0 fully saturated rings. The quantitative estimate of drug-likeness (QED) is 0.805. The molecule has 0 saturated heterocycles. The zero-order chi connectivity index (χ0) is 17.9. The molecule has 6 nitrogen and oxygen atoms in total. The monoisotopic (exact) mass is 401 g/mol. The van der Waals surface area contributed by atoms with Crippen LogP contribution in [-0.4, -0.2) is 45.2 Å². The standard InChI is InChI=1S/C18H27N5O.2ClH/c1-12(2)16(19)8-9-22(5)18(24)15-6-7-17(20-11-15)23-14(4)10-13(3)21-23;;/h6-7,10-12,16H,8-9,19H2,1-5H3;2*1H. The van der Waals surface area contributed by atoms with Crippen LogP contribution in [0.1, 0.15) is 42.0 Å². The zero-order valence-corrected chi connectivity index (χ0v) is 17.6. The third-order valence-electron chi connectivity index (χ3n) is 4.22. The Kier molecular flexibility index (Phi) is 9.84. The molecule has 1 amide bonds. The van der Waals surface area contributed by atoms with E-state index in [9.17, 15) is 4.79 Å². The zero-order valence-electron chi connectivity index (χ0n) is 16.0. The van der Waals surface area contributed by atoms with Crippen molar-refractivity contribution in [3.8, 4) is 5.82 Å². The van der Waals surface area contributed by atoms with Crippen molar-refractivity contribution in [3.05, 3.63) is 41.3 Å². The van der Waals surface area contributed by atoms with Gasteiger partial charge in [0.15, 0.2) is 5.82 Å². The SMILES string of the molecule is Cc1cc(C)n(-c2ccc(C(=O)N(C)CCC(N)C(C)C)cn2)n1.Cl.Cl. The van der Waals surface area contributed by atoms with Gasteiger partial charge in [0, 0.05) is 31.5 Å². The molecule has 0 aliphatic heterocycles. The molecule has 0 aliphatic carbocycles. The molecule has 0 saturated carbocycles. The number of carbonyl (C=O) groups excluding carboxylic acids is 1. The molecule has 26 heavy (non-hydrogen) atoms. The topological polar surface area (TPSA) is 77.0 Å². The van der Waals surface area contributed by atoms with Gasteiger partial charge in [0.05, 0.1) is 11.3 Å². The van der Waals surface area contributed by atoms with Gasteiger partial charge >= 0.3 is 0 Å². The van der Waals surface area contributed by atoms with Crippen molar-refractivity contribution in [2.24, 2.45) is 11.7 Å². The number of halogens is 2. The fourth-order valence-corrected chi connectivity index (χ4v) is 2.50. The second kappa shape index (κ2) is 10.5. The Morgan fingerprint density at radius 1 is 1.27 bits per heavy atom. The van der Waals surface area contributed by atoms with Gasteiger partial charge in [-0.2, -0.15) is 5.10 Å². The summed E-state index contributed by atoms with van der Waals surface area (Å²) in [5, 5.41) is 4.40. The molecular formula is C18H29Cl2N5O. The Balaban J connectivity index is 0.00000312. The summed E-state index contributed by atoms with van der Waals surface area (Å²) in [6.07, 6.45) is 2.39. The van der Waals surface area contributed by atoms with Gasteiger partial charge in [-0.25, -0.2) is 9.67 Å². The minimum absolute atomic E-state index is 0. The number of aromatic nitrogens is 3. The maximum Gasteiger partial charge on any atom is 0.255 e. The van der Waals surface area contributed by atoms with E-state index >= 15 is 0 Å². The summed E-state index contributed by atoms with van der Waals surface area (Å²) in [6, 6.07) is 5.71. The molecule has 2 N–H and O–H groups in total. The number of amides is 1. The Morgan fingerprint density at radius 2 is 1.92 bits per heavy atom. The summed E-state index contributed by atoms with van der Waals surface area (Å²) in [7, 11) is 1.80. The van der Waals surface area contributed by atoms with Crippen LogP contribution in [0.5, 0.6) is 0 Å². The first-order chi connectivity index (χ1) is 11.3. The molecule has 0 spiro atoms. The van der Waals surface area contributed by atoms with Gasteiger partial charge in [-0.3, -0.25) is 4.79 Å². The summed E-state index contributed by atoms with van der Waals surface area (Å²) < 4.78 is 1.77. The van der Waals surface area contributed by atoms with Crippen molar-refractivity contribution in [1.82, 2.24) is 19.7 Å². The number of aryl methyl sites for hydroxylation is 2. The van der Waals surface area contributed by atoms with Crippen molar-refractivity contribution < 1.29 is 4.79 Å². The first kappa shape index (κ1) is 24.4. The van der Waals surface area contributed by atoms with Crippen LogP contribution in [0.15, 0.2) is 24.4 Å². The molecule has 0 bridgehead atoms. The van der Waals surface area contributed by atoms with Gasteiger partial charge in [-0.15, -0.1) is 24.8 Å². The highest BCUT2D eigenvalue weighted by Crippen LogP contribution is 2.12. The van der Waals surface area contributed by atoms with Gasteiger partial charge < -0.3 is 10.6 Å². The van der Waals surface area contributed by atoms with Crippen molar-refractivity contribution in [3.63, 3.8) is 0 Å². The van der Waals surface area contributed by atoms with Crippen LogP contribution in [0.2, 0.25) is 0 Å². The Bertz CT molecular complexity index is 700. The number of nitrogens with zero attached hydrogens (tertiary/aromatic N) is 4. The molecule has 0 radical (unpaired) electrons. The van der Waals surface area contributed by atoms with Gasteiger partial charge in [0.2, 0.25) is 0 Å². The fourth-order valence-electron chi connectivity index (χ4n) is 2.50. The third kappa shape index (κ3) is 5.97. The van der Waals surface area contributed by atoms with Crippen molar-refractivity contribution in [2.75, 3.05) is 13.6 Å². The maximum atomic E-state index is 12.5. The molecular weight excluding hydrogens is 373 g/mol. The van der Waals surface area contributed by atoms with E-state index in [0.717, 1.165) is 17.8 Å². The fraction of sp³-hybridized carbons (Fsp3) is 0.500. The number of pyridine rings is 1. The van der Waals surface area contributed by atoms with E-state index in [1.807, 2.05) is 26.0 Å². The summed E-state index contributed by atoms with van der Waals surface area (Å²) >= 11 is 0. The van der Waals surface area contributed by atoms with Crippen LogP contribution in [0.3, 0.4) is 0 Å². The Morgan fingerprint density at radius 3 is 2.38 bits per heavy atom. The second-order valence-corrected chi connectivity index (χ2v) is 6.67. The van der Waals surface area contributed by atoms with E-state index in [1.165, 1.54) is 0 Å². The van der Waals surface area contributed by atoms with E-state index in [-0.39, 0.29) is 36.8 Å². The molecule has 0 aliphatic rings. The molecule has 1 atom stereocenters.